The van der Waals surface area contributed by atoms with Gasteiger partial charge in [0.15, 0.2) is 11.6 Å². The van der Waals surface area contributed by atoms with Gasteiger partial charge in [0.2, 0.25) is 5.95 Å². The second-order valence-electron chi connectivity index (χ2n) is 7.02. The molecule has 2 fully saturated rings. The van der Waals surface area contributed by atoms with Crippen LogP contribution in [-0.2, 0) is 4.74 Å². The molecule has 0 radical (unpaired) electrons. The summed E-state index contributed by atoms with van der Waals surface area (Å²) in [6, 6.07) is 3.36. The molecule has 0 aliphatic carbocycles. The Morgan fingerprint density at radius 3 is 2.76 bits per heavy atom. The highest BCUT2D eigenvalue weighted by Crippen LogP contribution is 2.37. The molecule has 2 atom stereocenters. The minimum Gasteiger partial charge on any atom is -0.431 e. The molecule has 0 bridgehead atoms. The number of nitrogen functional groups attached to an aromatic ring is 1. The monoisotopic (exact) mass is 406 g/mol. The lowest BCUT2D eigenvalue weighted by Crippen LogP contribution is -2.71. The molecule has 11 heteroatoms. The van der Waals surface area contributed by atoms with Crippen molar-refractivity contribution in [2.75, 3.05) is 41.8 Å². The van der Waals surface area contributed by atoms with Crippen molar-refractivity contribution in [2.24, 2.45) is 0 Å². The van der Waals surface area contributed by atoms with E-state index in [4.69, 9.17) is 10.5 Å². The lowest BCUT2D eigenvalue weighted by Gasteiger charge is -2.55. The Hall–Kier alpha value is -3.08. The van der Waals surface area contributed by atoms with Gasteiger partial charge in [-0.15, -0.1) is 0 Å². The summed E-state index contributed by atoms with van der Waals surface area (Å²) in [7, 11) is 0. The highest BCUT2D eigenvalue weighted by atomic mass is 19.3. The van der Waals surface area contributed by atoms with E-state index in [9.17, 15) is 13.2 Å². The molecule has 1 unspecified atom stereocenters. The number of fused-ring (bicyclic) bond motifs is 1. The van der Waals surface area contributed by atoms with Crippen LogP contribution in [0.2, 0.25) is 0 Å². The Morgan fingerprint density at radius 1 is 1.28 bits per heavy atom. The maximum Gasteiger partial charge on any atom is 0.387 e. The van der Waals surface area contributed by atoms with Gasteiger partial charge < -0.3 is 25.0 Å². The maximum absolute atomic E-state index is 13.6. The summed E-state index contributed by atoms with van der Waals surface area (Å²) in [5.74, 6) is 0.378. The van der Waals surface area contributed by atoms with Gasteiger partial charge >= 0.3 is 6.61 Å². The van der Waals surface area contributed by atoms with Crippen molar-refractivity contribution in [3.05, 3.63) is 30.2 Å². The van der Waals surface area contributed by atoms with Crippen LogP contribution in [-0.4, -0.2) is 60.0 Å². The first kappa shape index (κ1) is 18.0. The van der Waals surface area contributed by atoms with Gasteiger partial charge in [-0.2, -0.15) is 13.8 Å². The molecule has 2 aromatic heterocycles. The van der Waals surface area contributed by atoms with E-state index in [0.29, 0.717) is 42.7 Å². The van der Waals surface area contributed by atoms with Gasteiger partial charge in [-0.25, -0.2) is 14.4 Å². The third-order valence-corrected chi connectivity index (χ3v) is 5.23. The molecule has 2 aromatic rings. The van der Waals surface area contributed by atoms with E-state index in [2.05, 4.69) is 24.6 Å². The normalized spacial score (nSPS) is 22.8. The van der Waals surface area contributed by atoms with Gasteiger partial charge in [-0.05, 0) is 12.1 Å². The van der Waals surface area contributed by atoms with Crippen LogP contribution in [0.25, 0.3) is 11.3 Å². The summed E-state index contributed by atoms with van der Waals surface area (Å²) in [4.78, 5) is 16.8. The van der Waals surface area contributed by atoms with Gasteiger partial charge in [0.25, 0.3) is 0 Å². The number of halogens is 3. The summed E-state index contributed by atoms with van der Waals surface area (Å²) in [5, 5.41) is 0. The third kappa shape index (κ3) is 3.20. The number of ether oxygens (including phenoxy) is 2. The quantitative estimate of drug-likeness (QED) is 0.807. The zero-order valence-corrected chi connectivity index (χ0v) is 15.1. The Bertz CT molecular complexity index is 968. The smallest absolute Gasteiger partial charge is 0.387 e. The van der Waals surface area contributed by atoms with Crippen molar-refractivity contribution < 1.29 is 22.6 Å². The molecule has 2 saturated heterocycles. The topological polar surface area (TPSA) is 89.6 Å². The summed E-state index contributed by atoms with van der Waals surface area (Å²) < 4.78 is 48.8. The molecule has 152 valence electrons. The Kier molecular flexibility index (Phi) is 4.19. The summed E-state index contributed by atoms with van der Waals surface area (Å²) >= 11 is 0. The highest BCUT2D eigenvalue weighted by molar-refractivity contribution is 5.69. The van der Waals surface area contributed by atoms with Crippen LogP contribution >= 0.6 is 0 Å². The van der Waals surface area contributed by atoms with Crippen LogP contribution in [0.5, 0.6) is 5.75 Å². The highest BCUT2D eigenvalue weighted by Gasteiger charge is 2.48. The molecular formula is C18H17F3N6O2. The molecule has 0 amide bonds. The fourth-order valence-electron chi connectivity index (χ4n) is 3.56. The number of pyridine rings is 1. The minimum absolute atomic E-state index is 0.0811. The predicted octanol–water partition coefficient (Wildman–Crippen LogP) is 1.98. The second kappa shape index (κ2) is 6.76. The van der Waals surface area contributed by atoms with Crippen molar-refractivity contribution >= 4 is 17.6 Å². The zero-order chi connectivity index (χ0) is 20.1. The van der Waals surface area contributed by atoms with E-state index in [1.807, 2.05) is 0 Å². The number of rotatable bonds is 5. The predicted molar refractivity (Wildman–Crippen MR) is 98.6 cm³/mol. The Morgan fingerprint density at radius 2 is 2.14 bits per heavy atom. The van der Waals surface area contributed by atoms with Gasteiger partial charge in [0, 0.05) is 30.9 Å². The second-order valence-corrected chi connectivity index (χ2v) is 7.02. The first-order valence-corrected chi connectivity index (χ1v) is 9.05. The number of hydrogen-bond donors (Lipinski definition) is 1. The van der Waals surface area contributed by atoms with E-state index < -0.39 is 6.61 Å². The molecule has 2 N–H and O–H groups in total. The van der Waals surface area contributed by atoms with Crippen molar-refractivity contribution in [3.63, 3.8) is 0 Å². The number of morpholine rings is 1. The SMILES string of the molecule is Nc1ncc(-c2cc(N3CC4OC[C@H]43)nc(N3CC=C(F)C3)n2)cc1OC(F)F. The number of nitrogens with two attached hydrogens (primary N) is 1. The molecule has 5 rings (SSSR count). The largest absolute Gasteiger partial charge is 0.431 e. The fourth-order valence-corrected chi connectivity index (χ4v) is 3.56. The van der Waals surface area contributed by atoms with Crippen LogP contribution in [0.1, 0.15) is 0 Å². The van der Waals surface area contributed by atoms with Crippen LogP contribution < -0.4 is 20.3 Å². The number of alkyl halides is 2. The molecule has 0 spiro atoms. The number of hydrogen-bond acceptors (Lipinski definition) is 8. The first-order valence-electron chi connectivity index (χ1n) is 9.05. The van der Waals surface area contributed by atoms with E-state index in [0.717, 1.165) is 0 Å². The zero-order valence-electron chi connectivity index (χ0n) is 15.1. The maximum atomic E-state index is 13.6. The number of nitrogens with zero attached hydrogens (tertiary/aromatic N) is 5. The molecular weight excluding hydrogens is 389 g/mol. The van der Waals surface area contributed by atoms with Gasteiger partial charge in [0.1, 0.15) is 11.6 Å². The van der Waals surface area contributed by atoms with Crippen LogP contribution in [0.4, 0.5) is 30.8 Å². The third-order valence-electron chi connectivity index (χ3n) is 5.23. The molecule has 0 saturated carbocycles. The van der Waals surface area contributed by atoms with Crippen molar-refractivity contribution in [3.8, 4) is 17.0 Å². The van der Waals surface area contributed by atoms with E-state index in [1.165, 1.54) is 18.3 Å². The number of aromatic nitrogens is 3. The average molecular weight is 406 g/mol. The molecule has 0 aromatic carbocycles. The van der Waals surface area contributed by atoms with Crippen LogP contribution in [0.3, 0.4) is 0 Å². The van der Waals surface area contributed by atoms with E-state index in [1.54, 1.807) is 11.0 Å². The van der Waals surface area contributed by atoms with Gasteiger partial charge in [0.05, 0.1) is 31.0 Å². The summed E-state index contributed by atoms with van der Waals surface area (Å²) in [6.45, 7) is -1.27. The molecule has 29 heavy (non-hydrogen) atoms. The van der Waals surface area contributed by atoms with E-state index in [-0.39, 0.29) is 36.1 Å². The average Bonchev–Trinajstić information content (AvgIpc) is 3.11. The van der Waals surface area contributed by atoms with Crippen molar-refractivity contribution in [1.82, 2.24) is 15.0 Å². The minimum atomic E-state index is -3.03. The van der Waals surface area contributed by atoms with Crippen molar-refractivity contribution in [1.29, 1.82) is 0 Å². The van der Waals surface area contributed by atoms with E-state index >= 15 is 0 Å². The fraction of sp³-hybridized carbons (Fsp3) is 0.389. The van der Waals surface area contributed by atoms with Gasteiger partial charge in [-0.3, -0.25) is 0 Å². The Labute approximate surface area is 163 Å². The van der Waals surface area contributed by atoms with Crippen molar-refractivity contribution in [2.45, 2.75) is 18.8 Å². The van der Waals surface area contributed by atoms with Crippen LogP contribution in [0, 0.1) is 0 Å². The standard InChI is InChI=1S/C18H17F3N6O2/c19-10-1-2-26(6-10)18-24-11(4-15(25-18)27-7-14-12(27)8-28-14)9-3-13(29-17(20)21)16(22)23-5-9/h1,3-5,12,14,17H,2,6-8H2,(H2,22,23)/t12-,14?/m1/s1. The molecule has 8 nitrogen and oxygen atoms in total. The molecule has 3 aliphatic heterocycles. The van der Waals surface area contributed by atoms with Gasteiger partial charge in [-0.1, -0.05) is 0 Å². The molecule has 5 heterocycles. The number of anilines is 3. The lowest BCUT2D eigenvalue weighted by atomic mass is 9.95. The van der Waals surface area contributed by atoms with Crippen LogP contribution in [0.15, 0.2) is 30.2 Å². The first-order chi connectivity index (χ1) is 14.0. The summed E-state index contributed by atoms with van der Waals surface area (Å²) in [5.41, 5.74) is 6.52. The Balaban J connectivity index is 1.53. The summed E-state index contributed by atoms with van der Waals surface area (Å²) in [6.07, 6.45) is 3.10. The molecule has 3 aliphatic rings. The lowest BCUT2D eigenvalue weighted by molar-refractivity contribution is -0.113.